The maximum absolute atomic E-state index is 13.4. The van der Waals surface area contributed by atoms with Crippen LogP contribution in [0.3, 0.4) is 0 Å². The van der Waals surface area contributed by atoms with E-state index in [1.165, 1.54) is 18.2 Å². The minimum absolute atomic E-state index is 0.103. The van der Waals surface area contributed by atoms with E-state index in [2.05, 4.69) is 34.6 Å². The fourth-order valence-electron chi connectivity index (χ4n) is 4.30. The molecule has 1 fully saturated rings. The van der Waals surface area contributed by atoms with E-state index in [0.29, 0.717) is 49.3 Å². The molecule has 1 aliphatic rings. The molecule has 2 amide bonds. The van der Waals surface area contributed by atoms with Gasteiger partial charge in [0.1, 0.15) is 6.04 Å². The number of carbonyl (C=O) groups excluding carboxylic acids is 2. The summed E-state index contributed by atoms with van der Waals surface area (Å²) in [6.45, 7) is 7.48. The molecule has 0 saturated carbocycles. The second kappa shape index (κ2) is 13.1. The van der Waals surface area contributed by atoms with E-state index >= 15 is 0 Å². The molecule has 0 spiro atoms. The van der Waals surface area contributed by atoms with Crippen molar-refractivity contribution in [2.45, 2.75) is 38.9 Å². The Morgan fingerprint density at radius 1 is 1.06 bits per heavy atom. The lowest BCUT2D eigenvalue weighted by Gasteiger charge is -2.38. The molecule has 0 aliphatic carbocycles. The fourth-order valence-corrected chi connectivity index (χ4v) is 4.79. The number of amides is 2. The Balaban J connectivity index is 1.64. The Morgan fingerprint density at radius 2 is 1.77 bits per heavy atom. The molecule has 0 radical (unpaired) electrons. The van der Waals surface area contributed by atoms with Gasteiger partial charge in [0.2, 0.25) is 11.8 Å². The first kappa shape index (κ1) is 27.3. The van der Waals surface area contributed by atoms with Crippen molar-refractivity contribution < 1.29 is 14.3 Å². The van der Waals surface area contributed by atoms with Crippen molar-refractivity contribution >= 4 is 40.7 Å². The van der Waals surface area contributed by atoms with Crippen LogP contribution in [0.15, 0.2) is 42.5 Å². The van der Waals surface area contributed by atoms with E-state index in [-0.39, 0.29) is 17.9 Å². The van der Waals surface area contributed by atoms with E-state index in [0.717, 1.165) is 12.1 Å². The molecular weight excluding hydrogens is 487 g/mol. The average molecular weight is 521 g/mol. The quantitative estimate of drug-likeness (QED) is 0.501. The third-order valence-corrected chi connectivity index (χ3v) is 6.68. The van der Waals surface area contributed by atoms with Gasteiger partial charge in [-0.3, -0.25) is 9.59 Å². The first-order valence-corrected chi connectivity index (χ1v) is 12.6. The van der Waals surface area contributed by atoms with Crippen LogP contribution in [0.1, 0.15) is 25.0 Å². The number of para-hydroxylation sites is 1. The molecule has 3 rings (SSSR count). The summed E-state index contributed by atoms with van der Waals surface area (Å²) in [5.41, 5.74) is 3.15. The Labute approximate surface area is 217 Å². The van der Waals surface area contributed by atoms with Crippen molar-refractivity contribution in [3.05, 3.63) is 63.6 Å². The lowest BCUT2D eigenvalue weighted by Crippen LogP contribution is -2.55. The summed E-state index contributed by atoms with van der Waals surface area (Å²) < 4.78 is 5.22. The Bertz CT molecular complexity index is 1010. The Kier molecular flexibility index (Phi) is 10.2. The number of hydrogen-bond donors (Lipinski definition) is 2. The summed E-state index contributed by atoms with van der Waals surface area (Å²) in [6.07, 6.45) is 0.308. The highest BCUT2D eigenvalue weighted by molar-refractivity contribution is 6.35. The van der Waals surface area contributed by atoms with Gasteiger partial charge in [-0.2, -0.15) is 0 Å². The third-order valence-electron chi connectivity index (χ3n) is 6.10. The van der Waals surface area contributed by atoms with Crippen molar-refractivity contribution in [2.75, 3.05) is 44.8 Å². The molecule has 2 atom stereocenters. The summed E-state index contributed by atoms with van der Waals surface area (Å²) in [6, 6.07) is 13.1. The molecular formula is C26H34Cl2N4O3. The standard InChI is InChI=1S/C26H34Cl2N4O3/c1-18(17-35-3)29-16-21-6-4-5-7-25(21)31-10-12-32(13-11-31)26(34)24(30-19(2)33)14-20-8-9-22(27)15-23(20)28/h4-9,15,18,24,29H,10-14,16-17H2,1-3H3,(H,30,33)/t18-,24?/m0/s1. The first-order valence-electron chi connectivity index (χ1n) is 11.8. The van der Waals surface area contributed by atoms with Crippen molar-refractivity contribution in [2.24, 2.45) is 0 Å². The average Bonchev–Trinajstić information content (AvgIpc) is 2.84. The Morgan fingerprint density at radius 3 is 2.43 bits per heavy atom. The second-order valence-corrected chi connectivity index (χ2v) is 9.71. The van der Waals surface area contributed by atoms with Gasteiger partial charge >= 0.3 is 0 Å². The van der Waals surface area contributed by atoms with Crippen LogP contribution < -0.4 is 15.5 Å². The van der Waals surface area contributed by atoms with Gasteiger partial charge in [0, 0.05) is 75.0 Å². The van der Waals surface area contributed by atoms with Gasteiger partial charge in [-0.05, 0) is 36.2 Å². The number of carbonyl (C=O) groups is 2. The predicted molar refractivity (Wildman–Crippen MR) is 141 cm³/mol. The number of benzene rings is 2. The summed E-state index contributed by atoms with van der Waals surface area (Å²) in [7, 11) is 1.70. The maximum atomic E-state index is 13.4. The molecule has 1 heterocycles. The number of anilines is 1. The summed E-state index contributed by atoms with van der Waals surface area (Å²) >= 11 is 12.3. The van der Waals surface area contributed by atoms with Crippen molar-refractivity contribution in [1.82, 2.24) is 15.5 Å². The normalized spacial score (nSPS) is 15.6. The number of hydrogen-bond acceptors (Lipinski definition) is 5. The van der Waals surface area contributed by atoms with Crippen LogP contribution in [0.4, 0.5) is 5.69 Å². The zero-order valence-electron chi connectivity index (χ0n) is 20.5. The molecule has 1 saturated heterocycles. The molecule has 0 aromatic heterocycles. The van der Waals surface area contributed by atoms with E-state index in [1.54, 1.807) is 25.3 Å². The second-order valence-electron chi connectivity index (χ2n) is 8.87. The molecule has 35 heavy (non-hydrogen) atoms. The van der Waals surface area contributed by atoms with Crippen LogP contribution in [0, 0.1) is 0 Å². The van der Waals surface area contributed by atoms with Crippen molar-refractivity contribution in [1.29, 1.82) is 0 Å². The lowest BCUT2D eigenvalue weighted by atomic mass is 10.0. The molecule has 2 N–H and O–H groups in total. The van der Waals surface area contributed by atoms with Gasteiger partial charge in [-0.15, -0.1) is 0 Å². The number of methoxy groups -OCH3 is 1. The van der Waals surface area contributed by atoms with Crippen molar-refractivity contribution in [3.8, 4) is 0 Å². The van der Waals surface area contributed by atoms with Crippen LogP contribution >= 0.6 is 23.2 Å². The summed E-state index contributed by atoms with van der Waals surface area (Å²) in [5.74, 6) is -0.356. The highest BCUT2D eigenvalue weighted by atomic mass is 35.5. The van der Waals surface area contributed by atoms with Gasteiger partial charge in [-0.25, -0.2) is 0 Å². The van der Waals surface area contributed by atoms with Gasteiger partial charge in [0.15, 0.2) is 0 Å². The molecule has 0 bridgehead atoms. The molecule has 2 aromatic rings. The fraction of sp³-hybridized carbons (Fsp3) is 0.462. The molecule has 2 aromatic carbocycles. The number of nitrogens with one attached hydrogen (secondary N) is 2. The third kappa shape index (κ3) is 7.84. The van der Waals surface area contributed by atoms with E-state index in [9.17, 15) is 9.59 Å². The van der Waals surface area contributed by atoms with Gasteiger partial charge in [-0.1, -0.05) is 47.5 Å². The molecule has 1 aliphatic heterocycles. The predicted octanol–water partition coefficient (Wildman–Crippen LogP) is 3.51. The highest BCUT2D eigenvalue weighted by Crippen LogP contribution is 2.24. The zero-order chi connectivity index (χ0) is 25.4. The van der Waals surface area contributed by atoms with Crippen LogP contribution in [0.25, 0.3) is 0 Å². The molecule has 7 nitrogen and oxygen atoms in total. The summed E-state index contributed by atoms with van der Waals surface area (Å²) in [4.78, 5) is 29.3. The topological polar surface area (TPSA) is 73.9 Å². The zero-order valence-corrected chi connectivity index (χ0v) is 22.0. The monoisotopic (exact) mass is 520 g/mol. The molecule has 1 unspecified atom stereocenters. The Hall–Kier alpha value is -2.32. The number of ether oxygens (including phenoxy) is 1. The SMILES string of the molecule is COC[C@H](C)NCc1ccccc1N1CCN(C(=O)C(Cc2ccc(Cl)cc2Cl)NC(C)=O)CC1. The lowest BCUT2D eigenvalue weighted by molar-refractivity contribution is -0.136. The van der Waals surface area contributed by atoms with Crippen LogP contribution in [0.2, 0.25) is 10.0 Å². The largest absolute Gasteiger partial charge is 0.383 e. The van der Waals surface area contributed by atoms with Gasteiger partial charge in [0.05, 0.1) is 6.61 Å². The van der Waals surface area contributed by atoms with Crippen LogP contribution in [0.5, 0.6) is 0 Å². The number of rotatable bonds is 10. The number of nitrogens with zero attached hydrogens (tertiary/aromatic N) is 2. The van der Waals surface area contributed by atoms with E-state index < -0.39 is 6.04 Å². The van der Waals surface area contributed by atoms with Gasteiger partial charge in [0.25, 0.3) is 0 Å². The first-order chi connectivity index (χ1) is 16.8. The number of piperazine rings is 1. The molecule has 9 heteroatoms. The highest BCUT2D eigenvalue weighted by Gasteiger charge is 2.29. The van der Waals surface area contributed by atoms with E-state index in [1.807, 2.05) is 17.0 Å². The minimum atomic E-state index is -0.684. The van der Waals surface area contributed by atoms with Crippen molar-refractivity contribution in [3.63, 3.8) is 0 Å². The maximum Gasteiger partial charge on any atom is 0.245 e. The van der Waals surface area contributed by atoms with E-state index in [4.69, 9.17) is 27.9 Å². The number of halogens is 2. The van der Waals surface area contributed by atoms with Gasteiger partial charge < -0.3 is 25.2 Å². The minimum Gasteiger partial charge on any atom is -0.383 e. The van der Waals surface area contributed by atoms with Crippen LogP contribution in [-0.4, -0.2) is 68.7 Å². The molecule has 190 valence electrons. The van der Waals surface area contributed by atoms with Crippen LogP contribution in [-0.2, 0) is 27.3 Å². The smallest absolute Gasteiger partial charge is 0.245 e. The summed E-state index contributed by atoms with van der Waals surface area (Å²) in [5, 5.41) is 7.31.